The Kier molecular flexibility index (Phi) is 6.77. The van der Waals surface area contributed by atoms with Gasteiger partial charge in [0.2, 0.25) is 5.91 Å². The van der Waals surface area contributed by atoms with Crippen LogP contribution in [0, 0.1) is 11.6 Å². The van der Waals surface area contributed by atoms with Gasteiger partial charge in [-0.3, -0.25) is 4.79 Å². The maximum atomic E-state index is 14.7. The van der Waals surface area contributed by atoms with Gasteiger partial charge in [0.05, 0.1) is 13.2 Å². The molecule has 1 heterocycles. The monoisotopic (exact) mass is 437 g/mol. The van der Waals surface area contributed by atoms with Crippen molar-refractivity contribution in [2.24, 2.45) is 0 Å². The molecule has 0 aliphatic carbocycles. The first-order chi connectivity index (χ1) is 14.3. The molecule has 1 saturated heterocycles. The van der Waals surface area contributed by atoms with Gasteiger partial charge >= 0.3 is 6.03 Å². The second-order valence-corrected chi connectivity index (χ2v) is 7.51. The van der Waals surface area contributed by atoms with Crippen LogP contribution in [0.2, 0.25) is 5.02 Å². The van der Waals surface area contributed by atoms with Crippen LogP contribution in [0.4, 0.5) is 19.3 Å². The summed E-state index contributed by atoms with van der Waals surface area (Å²) in [5.74, 6) is -2.26. The number of hydrogen-bond donors (Lipinski definition) is 2. The topological polar surface area (TPSA) is 70.7 Å². The summed E-state index contributed by atoms with van der Waals surface area (Å²) in [6.07, 6.45) is 0.297. The highest BCUT2D eigenvalue weighted by atomic mass is 35.5. The number of piperidine rings is 1. The van der Waals surface area contributed by atoms with Crippen LogP contribution in [-0.2, 0) is 4.79 Å². The number of rotatable bonds is 4. The van der Waals surface area contributed by atoms with Gasteiger partial charge in [0.15, 0.2) is 0 Å². The molecule has 0 radical (unpaired) electrons. The third kappa shape index (κ3) is 4.99. The fraction of sp³-hybridized carbons (Fsp3) is 0.333. The van der Waals surface area contributed by atoms with Gasteiger partial charge in [-0.15, -0.1) is 0 Å². The Hall–Kier alpha value is -2.87. The average Bonchev–Trinajstić information content (AvgIpc) is 2.70. The Labute approximate surface area is 178 Å². The van der Waals surface area contributed by atoms with Crippen molar-refractivity contribution < 1.29 is 23.1 Å². The first-order valence-corrected chi connectivity index (χ1v) is 9.77. The van der Waals surface area contributed by atoms with Crippen molar-refractivity contribution in [2.45, 2.75) is 25.3 Å². The van der Waals surface area contributed by atoms with Crippen LogP contribution in [0.1, 0.15) is 24.8 Å². The van der Waals surface area contributed by atoms with Crippen LogP contribution >= 0.6 is 11.6 Å². The fourth-order valence-electron chi connectivity index (χ4n) is 3.63. The standard InChI is InChI=1S/C21H22ClF2N3O3/c1-12(28)27-8-7-16(20-17(23)9-15(30-2)10-18(20)24)19(11-27)26-21(29)25-14-5-3-13(22)4-6-14/h3-6,9-10,16,19H,7-8,11H2,1-2H3,(H2,25,26,29)/t16-,19-/m0/s1. The second kappa shape index (κ2) is 9.30. The third-order valence-electron chi connectivity index (χ3n) is 5.14. The minimum Gasteiger partial charge on any atom is -0.497 e. The molecule has 2 aromatic carbocycles. The molecule has 30 heavy (non-hydrogen) atoms. The van der Waals surface area contributed by atoms with E-state index in [-0.39, 0.29) is 23.8 Å². The summed E-state index contributed by atoms with van der Waals surface area (Å²) >= 11 is 5.84. The number of carbonyl (C=O) groups is 2. The van der Waals surface area contributed by atoms with E-state index in [4.69, 9.17) is 16.3 Å². The van der Waals surface area contributed by atoms with Crippen LogP contribution in [0.3, 0.4) is 0 Å². The van der Waals surface area contributed by atoms with Crippen LogP contribution in [0.5, 0.6) is 5.75 Å². The van der Waals surface area contributed by atoms with Crippen LogP contribution in [-0.4, -0.2) is 43.1 Å². The molecule has 6 nitrogen and oxygen atoms in total. The number of nitrogens with one attached hydrogen (secondary N) is 2. The zero-order valence-corrected chi connectivity index (χ0v) is 17.3. The van der Waals surface area contributed by atoms with Gasteiger partial charge in [0.25, 0.3) is 0 Å². The van der Waals surface area contributed by atoms with Crippen molar-refractivity contribution in [3.63, 3.8) is 0 Å². The highest BCUT2D eigenvalue weighted by Crippen LogP contribution is 2.34. The quantitative estimate of drug-likeness (QED) is 0.754. The Morgan fingerprint density at radius 2 is 1.80 bits per heavy atom. The molecule has 1 aliphatic rings. The lowest BCUT2D eigenvalue weighted by Crippen LogP contribution is -2.53. The van der Waals surface area contributed by atoms with Gasteiger partial charge in [-0.1, -0.05) is 11.6 Å². The van der Waals surface area contributed by atoms with E-state index >= 15 is 0 Å². The molecule has 1 fully saturated rings. The lowest BCUT2D eigenvalue weighted by atomic mass is 9.84. The van der Waals surface area contributed by atoms with Crippen molar-refractivity contribution in [3.8, 4) is 5.75 Å². The number of anilines is 1. The first kappa shape index (κ1) is 21.8. The van der Waals surface area contributed by atoms with Crippen molar-refractivity contribution in [3.05, 3.63) is 58.6 Å². The van der Waals surface area contributed by atoms with E-state index in [9.17, 15) is 18.4 Å². The first-order valence-electron chi connectivity index (χ1n) is 9.40. The third-order valence-corrected chi connectivity index (χ3v) is 5.39. The molecule has 160 valence electrons. The summed E-state index contributed by atoms with van der Waals surface area (Å²) in [6.45, 7) is 1.89. The summed E-state index contributed by atoms with van der Waals surface area (Å²) in [5.41, 5.74) is 0.380. The molecule has 0 aromatic heterocycles. The highest BCUT2D eigenvalue weighted by molar-refractivity contribution is 6.30. The molecule has 3 amide bonds. The van der Waals surface area contributed by atoms with E-state index in [1.807, 2.05) is 0 Å². The number of halogens is 3. The zero-order valence-electron chi connectivity index (χ0n) is 16.5. The zero-order chi connectivity index (χ0) is 21.8. The van der Waals surface area contributed by atoms with E-state index in [2.05, 4.69) is 10.6 Å². The lowest BCUT2D eigenvalue weighted by molar-refractivity contribution is -0.130. The number of amides is 3. The molecule has 0 saturated carbocycles. The predicted octanol–water partition coefficient (Wildman–Crippen LogP) is 4.15. The van der Waals surface area contributed by atoms with Gasteiger partial charge in [-0.05, 0) is 30.7 Å². The Bertz CT molecular complexity index is 917. The normalized spacial score (nSPS) is 18.6. The number of methoxy groups -OCH3 is 1. The summed E-state index contributed by atoms with van der Waals surface area (Å²) in [7, 11) is 1.32. The summed E-state index contributed by atoms with van der Waals surface area (Å²) < 4.78 is 34.3. The maximum Gasteiger partial charge on any atom is 0.319 e. The van der Waals surface area contributed by atoms with Gasteiger partial charge < -0.3 is 20.3 Å². The lowest BCUT2D eigenvalue weighted by Gasteiger charge is -2.39. The Balaban J connectivity index is 1.84. The average molecular weight is 438 g/mol. The van der Waals surface area contributed by atoms with Crippen molar-refractivity contribution >= 4 is 29.2 Å². The van der Waals surface area contributed by atoms with Gasteiger partial charge in [-0.2, -0.15) is 0 Å². The van der Waals surface area contributed by atoms with Crippen LogP contribution < -0.4 is 15.4 Å². The van der Waals surface area contributed by atoms with E-state index in [0.717, 1.165) is 12.1 Å². The minimum absolute atomic E-state index is 0.0694. The fourth-order valence-corrected chi connectivity index (χ4v) is 3.76. The molecule has 2 atom stereocenters. The van der Waals surface area contributed by atoms with Crippen molar-refractivity contribution in [1.82, 2.24) is 10.2 Å². The number of hydrogen-bond acceptors (Lipinski definition) is 3. The molecule has 3 rings (SSSR count). The number of nitrogens with zero attached hydrogens (tertiary/aromatic N) is 1. The van der Waals surface area contributed by atoms with Gasteiger partial charge in [0, 0.05) is 54.3 Å². The summed E-state index contributed by atoms with van der Waals surface area (Å²) in [4.78, 5) is 25.9. The molecule has 0 bridgehead atoms. The number of benzene rings is 2. The number of urea groups is 1. The Morgan fingerprint density at radius 1 is 1.17 bits per heavy atom. The minimum atomic E-state index is -0.752. The smallest absolute Gasteiger partial charge is 0.319 e. The summed E-state index contributed by atoms with van der Waals surface area (Å²) in [6, 6.07) is 7.50. The van der Waals surface area contributed by atoms with Crippen LogP contribution in [0.15, 0.2) is 36.4 Å². The second-order valence-electron chi connectivity index (χ2n) is 7.08. The predicted molar refractivity (Wildman–Crippen MR) is 110 cm³/mol. The molecule has 0 spiro atoms. The number of carbonyl (C=O) groups excluding carboxylic acids is 2. The highest BCUT2D eigenvalue weighted by Gasteiger charge is 2.36. The molecule has 2 N–H and O–H groups in total. The van der Waals surface area contributed by atoms with Crippen LogP contribution in [0.25, 0.3) is 0 Å². The van der Waals surface area contributed by atoms with E-state index in [0.29, 0.717) is 23.7 Å². The van der Waals surface area contributed by atoms with E-state index in [1.54, 1.807) is 29.2 Å². The molecule has 2 aromatic rings. The van der Waals surface area contributed by atoms with E-state index in [1.165, 1.54) is 14.0 Å². The number of ether oxygens (including phenoxy) is 1. The van der Waals surface area contributed by atoms with Gasteiger partial charge in [-0.25, -0.2) is 13.6 Å². The molecule has 9 heteroatoms. The SMILES string of the molecule is COc1cc(F)c([C@H]2CCN(C(C)=O)C[C@@H]2NC(=O)Nc2ccc(Cl)cc2)c(F)c1. The molecular formula is C21H22ClF2N3O3. The van der Waals surface area contributed by atoms with Crippen molar-refractivity contribution in [1.29, 1.82) is 0 Å². The molecule has 0 unspecified atom stereocenters. The summed E-state index contributed by atoms with van der Waals surface area (Å²) in [5, 5.41) is 5.94. The van der Waals surface area contributed by atoms with Crippen molar-refractivity contribution in [2.75, 3.05) is 25.5 Å². The van der Waals surface area contributed by atoms with E-state index < -0.39 is 29.6 Å². The molecular weight excluding hydrogens is 416 g/mol. The molecule has 1 aliphatic heterocycles. The largest absolute Gasteiger partial charge is 0.497 e. The maximum absolute atomic E-state index is 14.7. The Morgan fingerprint density at radius 3 is 2.37 bits per heavy atom. The van der Waals surface area contributed by atoms with Gasteiger partial charge in [0.1, 0.15) is 17.4 Å². The number of likely N-dealkylation sites (tertiary alicyclic amines) is 1.